The zero-order valence-corrected chi connectivity index (χ0v) is 8.56. The molecule has 0 amide bonds. The molecule has 2 unspecified atom stereocenters. The first-order valence-corrected chi connectivity index (χ1v) is 4.96. The Morgan fingerprint density at radius 2 is 1.92 bits per heavy atom. The third-order valence-electron chi connectivity index (χ3n) is 2.91. The lowest BCUT2D eigenvalue weighted by Crippen LogP contribution is -2.29. The molecule has 72 valence electrons. The van der Waals surface area contributed by atoms with Gasteiger partial charge in [0.25, 0.3) is 0 Å². The molecule has 0 aliphatic heterocycles. The summed E-state index contributed by atoms with van der Waals surface area (Å²) in [5, 5.41) is 3.36. The molecule has 2 heteroatoms. The number of nitrogens with two attached hydrogens (primary N) is 1. The van der Waals surface area contributed by atoms with Crippen molar-refractivity contribution in [2.45, 2.75) is 51.6 Å². The maximum atomic E-state index is 6.00. The van der Waals surface area contributed by atoms with Crippen LogP contribution in [0.2, 0.25) is 0 Å². The monoisotopic (exact) mass is 170 g/mol. The summed E-state index contributed by atoms with van der Waals surface area (Å²) in [7, 11) is 2.05. The van der Waals surface area contributed by atoms with E-state index >= 15 is 0 Å². The topological polar surface area (TPSA) is 38.0 Å². The van der Waals surface area contributed by atoms with Crippen LogP contribution in [-0.2, 0) is 0 Å². The largest absolute Gasteiger partial charge is 0.328 e. The van der Waals surface area contributed by atoms with Crippen molar-refractivity contribution in [3.05, 3.63) is 0 Å². The van der Waals surface area contributed by atoms with Gasteiger partial charge >= 0.3 is 0 Å². The SMILES string of the molecule is CNC1CCC(N)CC(C)(C)C1. The highest BCUT2D eigenvalue weighted by Crippen LogP contribution is 2.33. The Morgan fingerprint density at radius 3 is 2.50 bits per heavy atom. The van der Waals surface area contributed by atoms with Crippen LogP contribution in [0.1, 0.15) is 39.5 Å². The van der Waals surface area contributed by atoms with E-state index in [0.29, 0.717) is 17.5 Å². The minimum absolute atomic E-state index is 0.415. The normalized spacial score (nSPS) is 36.0. The molecule has 0 bridgehead atoms. The van der Waals surface area contributed by atoms with Crippen LogP contribution >= 0.6 is 0 Å². The van der Waals surface area contributed by atoms with E-state index < -0.39 is 0 Å². The van der Waals surface area contributed by atoms with E-state index in [2.05, 4.69) is 26.2 Å². The predicted octanol–water partition coefficient (Wildman–Crippen LogP) is 1.50. The maximum Gasteiger partial charge on any atom is 0.00697 e. The van der Waals surface area contributed by atoms with Crippen molar-refractivity contribution in [1.82, 2.24) is 5.32 Å². The second kappa shape index (κ2) is 3.75. The van der Waals surface area contributed by atoms with Crippen molar-refractivity contribution >= 4 is 0 Å². The quantitative estimate of drug-likeness (QED) is 0.585. The molecule has 0 heterocycles. The summed E-state index contributed by atoms with van der Waals surface area (Å²) in [5.74, 6) is 0. The van der Waals surface area contributed by atoms with Gasteiger partial charge in [-0.2, -0.15) is 0 Å². The summed E-state index contributed by atoms with van der Waals surface area (Å²) in [6.45, 7) is 4.64. The van der Waals surface area contributed by atoms with Crippen LogP contribution in [0.25, 0.3) is 0 Å². The van der Waals surface area contributed by atoms with Crippen molar-refractivity contribution in [1.29, 1.82) is 0 Å². The molecule has 0 aromatic carbocycles. The highest BCUT2D eigenvalue weighted by Gasteiger charge is 2.28. The van der Waals surface area contributed by atoms with Crippen molar-refractivity contribution in [2.24, 2.45) is 11.1 Å². The fourth-order valence-corrected chi connectivity index (χ4v) is 2.33. The molecule has 1 aliphatic rings. The highest BCUT2D eigenvalue weighted by molar-refractivity contribution is 4.85. The zero-order chi connectivity index (χ0) is 9.19. The molecule has 1 fully saturated rings. The summed E-state index contributed by atoms with van der Waals surface area (Å²) < 4.78 is 0. The molecule has 0 saturated heterocycles. The smallest absolute Gasteiger partial charge is 0.00697 e. The lowest BCUT2D eigenvalue weighted by atomic mass is 9.82. The molecule has 0 spiro atoms. The molecule has 1 saturated carbocycles. The number of hydrogen-bond acceptors (Lipinski definition) is 2. The van der Waals surface area contributed by atoms with Crippen molar-refractivity contribution in [2.75, 3.05) is 7.05 Å². The Balaban J connectivity index is 2.56. The second-order valence-electron chi connectivity index (χ2n) is 4.90. The molecule has 12 heavy (non-hydrogen) atoms. The van der Waals surface area contributed by atoms with E-state index in [1.54, 1.807) is 0 Å². The first kappa shape index (κ1) is 10.0. The van der Waals surface area contributed by atoms with Crippen LogP contribution in [0.4, 0.5) is 0 Å². The molecule has 1 aliphatic carbocycles. The van der Waals surface area contributed by atoms with Crippen LogP contribution in [-0.4, -0.2) is 19.1 Å². The summed E-state index contributed by atoms with van der Waals surface area (Å²) >= 11 is 0. The van der Waals surface area contributed by atoms with Gasteiger partial charge < -0.3 is 11.1 Å². The van der Waals surface area contributed by atoms with Crippen LogP contribution in [0.15, 0.2) is 0 Å². The highest BCUT2D eigenvalue weighted by atomic mass is 14.9. The summed E-state index contributed by atoms with van der Waals surface area (Å²) in [6, 6.07) is 1.09. The molecule has 3 N–H and O–H groups in total. The standard InChI is InChI=1S/C10H22N2/c1-10(2)6-8(11)4-5-9(7-10)12-3/h8-9,12H,4-7,11H2,1-3H3. The van der Waals surface area contributed by atoms with Gasteiger partial charge in [-0.05, 0) is 38.1 Å². The summed E-state index contributed by atoms with van der Waals surface area (Å²) in [6.07, 6.45) is 4.85. The molecule has 2 nitrogen and oxygen atoms in total. The van der Waals surface area contributed by atoms with Gasteiger partial charge in [0.1, 0.15) is 0 Å². The van der Waals surface area contributed by atoms with Crippen LogP contribution in [0, 0.1) is 5.41 Å². The van der Waals surface area contributed by atoms with E-state index in [1.165, 1.54) is 25.7 Å². The fraction of sp³-hybridized carbons (Fsp3) is 1.00. The average Bonchev–Trinajstić information content (AvgIpc) is 2.07. The lowest BCUT2D eigenvalue weighted by Gasteiger charge is -2.27. The Kier molecular flexibility index (Phi) is 3.13. The molecule has 0 aromatic rings. The van der Waals surface area contributed by atoms with Gasteiger partial charge in [-0.15, -0.1) is 0 Å². The molecule has 2 atom stereocenters. The van der Waals surface area contributed by atoms with E-state index in [1.807, 2.05) is 0 Å². The number of nitrogens with one attached hydrogen (secondary N) is 1. The van der Waals surface area contributed by atoms with Crippen molar-refractivity contribution < 1.29 is 0 Å². The van der Waals surface area contributed by atoms with E-state index in [9.17, 15) is 0 Å². The maximum absolute atomic E-state index is 6.00. The average molecular weight is 170 g/mol. The third-order valence-corrected chi connectivity index (χ3v) is 2.91. The van der Waals surface area contributed by atoms with Gasteiger partial charge in [0.15, 0.2) is 0 Å². The first-order valence-electron chi connectivity index (χ1n) is 4.96. The Labute approximate surface area is 75.9 Å². The van der Waals surface area contributed by atoms with Gasteiger partial charge in [-0.1, -0.05) is 13.8 Å². The molecule has 1 rings (SSSR count). The minimum atomic E-state index is 0.415. The second-order valence-corrected chi connectivity index (χ2v) is 4.90. The minimum Gasteiger partial charge on any atom is -0.328 e. The van der Waals surface area contributed by atoms with Crippen LogP contribution in [0.3, 0.4) is 0 Å². The Bertz CT molecular complexity index is 143. The lowest BCUT2D eigenvalue weighted by molar-refractivity contribution is 0.275. The Hall–Kier alpha value is -0.0800. The van der Waals surface area contributed by atoms with Gasteiger partial charge in [-0.25, -0.2) is 0 Å². The fourth-order valence-electron chi connectivity index (χ4n) is 2.33. The van der Waals surface area contributed by atoms with Crippen molar-refractivity contribution in [3.63, 3.8) is 0 Å². The van der Waals surface area contributed by atoms with Gasteiger partial charge in [0.05, 0.1) is 0 Å². The Morgan fingerprint density at radius 1 is 1.25 bits per heavy atom. The van der Waals surface area contributed by atoms with Gasteiger partial charge in [0, 0.05) is 12.1 Å². The number of rotatable bonds is 1. The van der Waals surface area contributed by atoms with Gasteiger partial charge in [-0.3, -0.25) is 0 Å². The summed E-state index contributed by atoms with van der Waals surface area (Å²) in [4.78, 5) is 0. The predicted molar refractivity (Wildman–Crippen MR) is 53.1 cm³/mol. The number of hydrogen-bond donors (Lipinski definition) is 2. The van der Waals surface area contributed by atoms with E-state index in [4.69, 9.17) is 5.73 Å². The summed E-state index contributed by atoms with van der Waals surface area (Å²) in [5.41, 5.74) is 6.42. The molecular weight excluding hydrogens is 148 g/mol. The van der Waals surface area contributed by atoms with Crippen LogP contribution in [0.5, 0.6) is 0 Å². The molecular formula is C10H22N2. The van der Waals surface area contributed by atoms with E-state index in [0.717, 1.165) is 0 Å². The third kappa shape index (κ3) is 2.76. The first-order chi connectivity index (χ1) is 5.53. The zero-order valence-electron chi connectivity index (χ0n) is 8.56. The van der Waals surface area contributed by atoms with Gasteiger partial charge in [0.2, 0.25) is 0 Å². The van der Waals surface area contributed by atoms with E-state index in [-0.39, 0.29) is 0 Å². The molecule has 0 aromatic heterocycles. The molecule has 0 radical (unpaired) electrons. The van der Waals surface area contributed by atoms with Crippen LogP contribution < -0.4 is 11.1 Å². The van der Waals surface area contributed by atoms with Crippen molar-refractivity contribution in [3.8, 4) is 0 Å².